The first-order valence-corrected chi connectivity index (χ1v) is 8.92. The highest BCUT2D eigenvalue weighted by molar-refractivity contribution is 9.23. The number of hydrogen-bond acceptors (Lipinski definition) is 2. The lowest BCUT2D eigenvalue weighted by Gasteiger charge is -2.00. The second-order valence-electron chi connectivity index (χ2n) is 2.92. The van der Waals surface area contributed by atoms with Gasteiger partial charge >= 0.3 is 18.2 Å². The van der Waals surface area contributed by atoms with Crippen molar-refractivity contribution in [2.24, 2.45) is 0 Å². The molecule has 0 fully saturated rings. The Labute approximate surface area is 98.4 Å². The molecule has 0 saturated heterocycles. The van der Waals surface area contributed by atoms with Gasteiger partial charge in [0.2, 0.25) is 0 Å². The van der Waals surface area contributed by atoms with Crippen LogP contribution in [0.4, 0.5) is 0 Å². The summed E-state index contributed by atoms with van der Waals surface area (Å²) in [6, 6.07) is 8.47. The largest absolute Gasteiger partial charge is 0.506 e. The van der Waals surface area contributed by atoms with Gasteiger partial charge in [0.25, 0.3) is 0 Å². The van der Waals surface area contributed by atoms with Crippen molar-refractivity contribution in [2.75, 3.05) is 0 Å². The van der Waals surface area contributed by atoms with E-state index in [4.69, 9.17) is 0 Å². The molecule has 66 valence electrons. The summed E-state index contributed by atoms with van der Waals surface area (Å²) >= 11 is 3.32. The molecule has 0 amide bonds. The molecule has 0 unspecified atom stereocenters. The molecule has 0 aliphatic carbocycles. The van der Waals surface area contributed by atoms with Crippen LogP contribution >= 0.6 is 12.9 Å². The lowest BCUT2D eigenvalue weighted by molar-refractivity contribution is 1.21. The van der Waals surface area contributed by atoms with Crippen LogP contribution in [0.15, 0.2) is 42.9 Å². The van der Waals surface area contributed by atoms with E-state index in [9.17, 15) is 0 Å². The van der Waals surface area contributed by atoms with Gasteiger partial charge in [0, 0.05) is 18.0 Å². The molecule has 0 bridgehead atoms. The van der Waals surface area contributed by atoms with Gasteiger partial charge in [-0.1, -0.05) is 24.3 Å². The minimum Gasteiger partial charge on any atom is -0.296 e. The Morgan fingerprint density at radius 2 is 1.86 bits per heavy atom. The number of nitrogens with zero attached hydrogens (tertiary/aromatic N) is 2. The summed E-state index contributed by atoms with van der Waals surface area (Å²) in [5.41, 5.74) is 2.05. The van der Waals surface area contributed by atoms with Gasteiger partial charge in [-0.25, -0.2) is 0 Å². The zero-order valence-corrected chi connectivity index (χ0v) is 10.5. The highest BCUT2D eigenvalue weighted by atomic mass is 79.9. The normalized spacial score (nSPS) is 9.50. The van der Waals surface area contributed by atoms with Gasteiger partial charge in [-0.2, -0.15) is 3.69 Å². The zero-order valence-electron chi connectivity index (χ0n) is 7.52. The molecule has 0 N–H and O–H groups in total. The van der Waals surface area contributed by atoms with E-state index < -0.39 is 0 Å². The van der Waals surface area contributed by atoms with Crippen molar-refractivity contribution in [1.82, 2.24) is 9.97 Å². The van der Waals surface area contributed by atoms with E-state index in [2.05, 4.69) is 47.1 Å². The molecule has 0 saturated carbocycles. The van der Waals surface area contributed by atoms with Gasteiger partial charge in [0.05, 0.1) is 11.9 Å². The average molecular weight is 259 g/mol. The van der Waals surface area contributed by atoms with Crippen LogP contribution in [0.5, 0.6) is 0 Å². The summed E-state index contributed by atoms with van der Waals surface area (Å²) in [4.78, 5) is 8.28. The third-order valence-corrected chi connectivity index (χ3v) is 4.69. The van der Waals surface area contributed by atoms with E-state index >= 15 is 0 Å². The van der Waals surface area contributed by atoms with Crippen molar-refractivity contribution in [3.05, 3.63) is 42.9 Å². The Morgan fingerprint density at radius 1 is 1.07 bits per heavy atom. The van der Waals surface area contributed by atoms with Crippen LogP contribution in [0.25, 0.3) is 11.3 Å². The molecule has 1 heterocycles. The highest BCUT2D eigenvalue weighted by Gasteiger charge is 1.99. The van der Waals surface area contributed by atoms with Crippen molar-refractivity contribution in [3.8, 4) is 11.3 Å². The van der Waals surface area contributed by atoms with Crippen molar-refractivity contribution in [1.29, 1.82) is 0 Å². The molecule has 0 aliphatic rings. The molecule has 0 spiro atoms. The maximum Gasteiger partial charge on any atom is 0.506 e. The number of halogens is 1. The standard InChI is InChI=1S/C10H7N2.BrH.Mg/c1-2-4-9(5-3-1)10-8-11-6-7-12-10;;/h2-8H;1H;/q;;+1/p-1. The summed E-state index contributed by atoms with van der Waals surface area (Å²) in [6.45, 7) is 0. The summed E-state index contributed by atoms with van der Waals surface area (Å²) in [5, 5.41) is 0. The highest BCUT2D eigenvalue weighted by Crippen LogP contribution is 2.12. The molecule has 2 rings (SSSR count). The van der Waals surface area contributed by atoms with Crippen LogP contribution in [0.3, 0.4) is 0 Å². The molecule has 0 atom stereocenters. The van der Waals surface area contributed by atoms with Crippen LogP contribution in [-0.4, -0.2) is 28.2 Å². The SMILES string of the molecule is [Br][Mg][c]1ccc(-c2cnccn2)cc1. The monoisotopic (exact) mass is 258 g/mol. The fourth-order valence-corrected chi connectivity index (χ4v) is 2.75. The number of hydrogen-bond donors (Lipinski definition) is 0. The maximum atomic E-state index is 4.24. The van der Waals surface area contributed by atoms with Gasteiger partial charge < -0.3 is 0 Å². The van der Waals surface area contributed by atoms with Gasteiger partial charge in [0.1, 0.15) is 0 Å². The number of aromatic nitrogens is 2. The molecule has 14 heavy (non-hydrogen) atoms. The Balaban J connectivity index is 2.34. The second kappa shape index (κ2) is 4.86. The molecule has 1 aromatic heterocycles. The van der Waals surface area contributed by atoms with E-state index in [0.29, 0.717) is 0 Å². The summed E-state index contributed by atoms with van der Waals surface area (Å²) in [7, 11) is 0. The predicted molar refractivity (Wildman–Crippen MR) is 61.8 cm³/mol. The quantitative estimate of drug-likeness (QED) is 0.768. The van der Waals surface area contributed by atoms with Gasteiger partial charge in [-0.05, 0) is 0 Å². The minimum absolute atomic E-state index is 0.228. The number of benzene rings is 1. The average Bonchev–Trinajstić information content (AvgIpc) is 2.30. The van der Waals surface area contributed by atoms with Crippen LogP contribution in [0.1, 0.15) is 0 Å². The Kier molecular flexibility index (Phi) is 3.50. The lowest BCUT2D eigenvalue weighted by Crippen LogP contribution is -2.06. The molecule has 1 aromatic carbocycles. The van der Waals surface area contributed by atoms with Gasteiger partial charge in [0.15, 0.2) is 0 Å². The van der Waals surface area contributed by atoms with Crippen LogP contribution < -0.4 is 3.69 Å². The molecule has 4 heteroatoms. The third kappa shape index (κ3) is 2.32. The van der Waals surface area contributed by atoms with Crippen LogP contribution in [-0.2, 0) is 0 Å². The van der Waals surface area contributed by atoms with Crippen molar-refractivity contribution in [3.63, 3.8) is 0 Å². The first-order chi connectivity index (χ1) is 6.90. The van der Waals surface area contributed by atoms with Gasteiger partial charge in [-0.3, -0.25) is 22.9 Å². The molecule has 2 aromatic rings. The fraction of sp³-hybridized carbons (Fsp3) is 0. The summed E-state index contributed by atoms with van der Waals surface area (Å²) in [5.74, 6) is 0. The molecular weight excluding hydrogens is 252 g/mol. The Bertz CT molecular complexity index is 402. The van der Waals surface area contributed by atoms with Crippen molar-refractivity contribution < 1.29 is 0 Å². The molecule has 0 aliphatic heterocycles. The third-order valence-electron chi connectivity index (χ3n) is 1.97. The van der Waals surface area contributed by atoms with Gasteiger partial charge in [-0.15, -0.1) is 0 Å². The molecule has 0 radical (unpaired) electrons. The second-order valence-corrected chi connectivity index (χ2v) is 5.69. The van der Waals surface area contributed by atoms with Crippen LogP contribution in [0, 0.1) is 0 Å². The first-order valence-electron chi connectivity index (χ1n) is 4.31. The maximum absolute atomic E-state index is 4.24. The topological polar surface area (TPSA) is 25.8 Å². The minimum atomic E-state index is -0.228. The lowest BCUT2D eigenvalue weighted by atomic mass is 10.2. The summed E-state index contributed by atoms with van der Waals surface area (Å²) in [6.07, 6.45) is 5.17. The van der Waals surface area contributed by atoms with E-state index in [0.717, 1.165) is 11.3 Å². The van der Waals surface area contributed by atoms with Crippen molar-refractivity contribution in [2.45, 2.75) is 0 Å². The summed E-state index contributed by atoms with van der Waals surface area (Å²) < 4.78 is 1.40. The first kappa shape index (κ1) is 10.1. The van der Waals surface area contributed by atoms with Crippen molar-refractivity contribution >= 4 is 34.8 Å². The smallest absolute Gasteiger partial charge is 0.296 e. The van der Waals surface area contributed by atoms with Crippen LogP contribution in [0.2, 0.25) is 0 Å². The van der Waals surface area contributed by atoms with E-state index in [-0.39, 0.29) is 18.2 Å². The van der Waals surface area contributed by atoms with E-state index in [1.165, 1.54) is 3.69 Å². The Morgan fingerprint density at radius 3 is 2.43 bits per heavy atom. The Hall–Kier alpha value is -0.454. The van der Waals surface area contributed by atoms with E-state index in [1.54, 1.807) is 18.6 Å². The van der Waals surface area contributed by atoms with E-state index in [1.807, 2.05) is 0 Å². The fourth-order valence-electron chi connectivity index (χ4n) is 1.21. The zero-order chi connectivity index (χ0) is 9.80. The molecular formula is C10H7BrMgN2. The predicted octanol–water partition coefficient (Wildman–Crippen LogP) is 1.78. The number of rotatable bonds is 2. The molecule has 2 nitrogen and oxygen atoms in total.